The monoisotopic (exact) mass is 219 g/mol. The predicted octanol–water partition coefficient (Wildman–Crippen LogP) is 1.10. The highest BCUT2D eigenvalue weighted by molar-refractivity contribution is 6.11. The molecule has 0 saturated heterocycles. The molecule has 2 unspecified atom stereocenters. The number of hydrogen-bond acceptors (Lipinski definition) is 4. The Balaban J connectivity index is 2.15. The van der Waals surface area contributed by atoms with Gasteiger partial charge in [-0.05, 0) is 12.1 Å². The minimum absolute atomic E-state index is 0.343. The lowest BCUT2D eigenvalue weighted by Gasteiger charge is -2.23. The maximum atomic E-state index is 11.1. The first kappa shape index (κ1) is 9.21. The Morgan fingerprint density at radius 3 is 2.94 bits per heavy atom. The Morgan fingerprint density at radius 2 is 2.25 bits per heavy atom. The van der Waals surface area contributed by atoms with Gasteiger partial charge in [0.2, 0.25) is 5.60 Å². The molecule has 1 aromatic carbocycles. The standard InChI is InChI=1S/C11H9NO4/c13-10(14)11-5-7(11)9(12-15)6-3-1-2-4-8(6)16-11/h1-4,7,15H,5H2,(H,13,14). The van der Waals surface area contributed by atoms with E-state index < -0.39 is 11.6 Å². The number of para-hydroxylation sites is 1. The fourth-order valence-corrected chi connectivity index (χ4v) is 2.23. The van der Waals surface area contributed by atoms with Gasteiger partial charge < -0.3 is 15.1 Å². The molecule has 0 bridgehead atoms. The molecule has 0 amide bonds. The Hall–Kier alpha value is -2.04. The van der Waals surface area contributed by atoms with Crippen LogP contribution in [0.4, 0.5) is 0 Å². The minimum Gasteiger partial charge on any atom is -0.478 e. The van der Waals surface area contributed by atoms with Crippen molar-refractivity contribution in [3.05, 3.63) is 29.8 Å². The second kappa shape index (κ2) is 2.75. The summed E-state index contributed by atoms with van der Waals surface area (Å²) in [5.74, 6) is -0.885. The van der Waals surface area contributed by atoms with Gasteiger partial charge in [0, 0.05) is 12.0 Å². The van der Waals surface area contributed by atoms with Crippen molar-refractivity contribution in [2.75, 3.05) is 0 Å². The van der Waals surface area contributed by atoms with Crippen LogP contribution in [0, 0.1) is 5.92 Å². The van der Waals surface area contributed by atoms with E-state index in [1.165, 1.54) is 0 Å². The summed E-state index contributed by atoms with van der Waals surface area (Å²) in [5, 5.41) is 21.3. The molecule has 16 heavy (non-hydrogen) atoms. The summed E-state index contributed by atoms with van der Waals surface area (Å²) in [7, 11) is 0. The van der Waals surface area contributed by atoms with Gasteiger partial charge in [0.25, 0.3) is 0 Å². The lowest BCUT2D eigenvalue weighted by molar-refractivity contribution is -0.147. The fourth-order valence-electron chi connectivity index (χ4n) is 2.23. The van der Waals surface area contributed by atoms with E-state index in [0.717, 1.165) is 0 Å². The molecule has 1 heterocycles. The molecule has 82 valence electrons. The van der Waals surface area contributed by atoms with Gasteiger partial charge in [0.1, 0.15) is 5.75 Å². The number of ether oxygens (including phenoxy) is 1. The maximum Gasteiger partial charge on any atom is 0.348 e. The van der Waals surface area contributed by atoms with Crippen LogP contribution in [0.15, 0.2) is 29.4 Å². The number of hydrogen-bond donors (Lipinski definition) is 2. The number of nitrogens with zero attached hydrogens (tertiary/aromatic N) is 1. The molecule has 2 N–H and O–H groups in total. The van der Waals surface area contributed by atoms with Crippen LogP contribution in [0.5, 0.6) is 5.75 Å². The number of carboxylic acids is 1. The fraction of sp³-hybridized carbons (Fsp3) is 0.273. The van der Waals surface area contributed by atoms with Gasteiger partial charge >= 0.3 is 5.97 Å². The molecule has 1 saturated carbocycles. The smallest absolute Gasteiger partial charge is 0.348 e. The summed E-state index contributed by atoms with van der Waals surface area (Å²) in [5.41, 5.74) is -0.135. The van der Waals surface area contributed by atoms with Crippen molar-refractivity contribution in [1.29, 1.82) is 0 Å². The summed E-state index contributed by atoms with van der Waals surface area (Å²) in [6.45, 7) is 0. The largest absolute Gasteiger partial charge is 0.478 e. The highest BCUT2D eigenvalue weighted by atomic mass is 16.5. The molecular weight excluding hydrogens is 210 g/mol. The van der Waals surface area contributed by atoms with Crippen LogP contribution in [0.1, 0.15) is 12.0 Å². The molecule has 0 spiro atoms. The quantitative estimate of drug-likeness (QED) is 0.547. The van der Waals surface area contributed by atoms with E-state index >= 15 is 0 Å². The molecule has 1 aliphatic heterocycles. The van der Waals surface area contributed by atoms with Crippen LogP contribution in [-0.4, -0.2) is 27.6 Å². The molecule has 2 atom stereocenters. The average molecular weight is 219 g/mol. The van der Waals surface area contributed by atoms with Gasteiger partial charge in [-0.2, -0.15) is 0 Å². The summed E-state index contributed by atoms with van der Waals surface area (Å²) < 4.78 is 5.50. The molecule has 3 rings (SSSR count). The number of carboxylic acid groups (broad SMARTS) is 1. The Kier molecular flexibility index (Phi) is 1.58. The Bertz CT molecular complexity index is 510. The topological polar surface area (TPSA) is 79.1 Å². The molecule has 1 aromatic rings. The van der Waals surface area contributed by atoms with Gasteiger partial charge in [-0.1, -0.05) is 17.3 Å². The number of benzene rings is 1. The average Bonchev–Trinajstić information content (AvgIpc) is 3.00. The summed E-state index contributed by atoms with van der Waals surface area (Å²) in [4.78, 5) is 11.1. The van der Waals surface area contributed by atoms with Crippen LogP contribution in [0.2, 0.25) is 0 Å². The third-order valence-corrected chi connectivity index (χ3v) is 3.17. The SMILES string of the molecule is O=C(O)C12CC1C(=NO)c1ccccc1O2. The van der Waals surface area contributed by atoms with E-state index in [0.29, 0.717) is 23.4 Å². The van der Waals surface area contributed by atoms with Gasteiger partial charge in [0.15, 0.2) is 0 Å². The van der Waals surface area contributed by atoms with Crippen LogP contribution >= 0.6 is 0 Å². The molecular formula is C11H9NO4. The second-order valence-electron chi connectivity index (χ2n) is 4.03. The maximum absolute atomic E-state index is 11.1. The number of carbonyl (C=O) groups is 1. The van der Waals surface area contributed by atoms with Crippen LogP contribution in [0.3, 0.4) is 0 Å². The van der Waals surface area contributed by atoms with Gasteiger partial charge in [0.05, 0.1) is 11.6 Å². The molecule has 1 aliphatic carbocycles. The lowest BCUT2D eigenvalue weighted by atomic mass is 10.00. The van der Waals surface area contributed by atoms with Crippen molar-refractivity contribution in [2.24, 2.45) is 11.1 Å². The number of rotatable bonds is 1. The van der Waals surface area contributed by atoms with Gasteiger partial charge in [-0.25, -0.2) is 4.79 Å². The van der Waals surface area contributed by atoms with Crippen LogP contribution in [-0.2, 0) is 4.79 Å². The highest BCUT2D eigenvalue weighted by Gasteiger charge is 2.68. The summed E-state index contributed by atoms with van der Waals surface area (Å²) in [6, 6.07) is 6.99. The summed E-state index contributed by atoms with van der Waals surface area (Å²) >= 11 is 0. The third kappa shape index (κ3) is 0.946. The van der Waals surface area contributed by atoms with Crippen molar-refractivity contribution in [3.63, 3.8) is 0 Å². The van der Waals surface area contributed by atoms with E-state index in [9.17, 15) is 4.79 Å². The van der Waals surface area contributed by atoms with Crippen molar-refractivity contribution >= 4 is 11.7 Å². The highest BCUT2D eigenvalue weighted by Crippen LogP contribution is 2.54. The van der Waals surface area contributed by atoms with E-state index in [-0.39, 0.29) is 5.92 Å². The minimum atomic E-state index is -1.21. The van der Waals surface area contributed by atoms with Crippen LogP contribution in [0.25, 0.3) is 0 Å². The summed E-state index contributed by atoms with van der Waals surface area (Å²) in [6.07, 6.45) is 0.358. The normalized spacial score (nSPS) is 32.5. The third-order valence-electron chi connectivity index (χ3n) is 3.17. The zero-order valence-electron chi connectivity index (χ0n) is 8.25. The van der Waals surface area contributed by atoms with E-state index in [1.807, 2.05) is 0 Å². The van der Waals surface area contributed by atoms with Gasteiger partial charge in [-0.3, -0.25) is 0 Å². The first-order valence-corrected chi connectivity index (χ1v) is 4.93. The first-order chi connectivity index (χ1) is 7.69. The van der Waals surface area contributed by atoms with E-state index in [4.69, 9.17) is 15.1 Å². The predicted molar refractivity (Wildman–Crippen MR) is 53.9 cm³/mol. The Labute approximate surface area is 91.0 Å². The molecule has 2 aliphatic rings. The zero-order valence-corrected chi connectivity index (χ0v) is 8.25. The van der Waals surface area contributed by atoms with E-state index in [2.05, 4.69) is 5.16 Å². The van der Waals surface area contributed by atoms with Crippen molar-refractivity contribution in [3.8, 4) is 5.75 Å². The molecule has 0 aromatic heterocycles. The molecule has 5 heteroatoms. The second-order valence-corrected chi connectivity index (χ2v) is 4.03. The zero-order chi connectivity index (χ0) is 11.3. The van der Waals surface area contributed by atoms with Crippen LogP contribution < -0.4 is 4.74 Å². The van der Waals surface area contributed by atoms with E-state index in [1.54, 1.807) is 24.3 Å². The number of oxime groups is 1. The number of fused-ring (bicyclic) bond motifs is 2. The Morgan fingerprint density at radius 1 is 1.50 bits per heavy atom. The molecule has 1 fully saturated rings. The van der Waals surface area contributed by atoms with Crippen molar-refractivity contribution < 1.29 is 19.8 Å². The lowest BCUT2D eigenvalue weighted by Crippen LogP contribution is -2.37. The molecule has 5 nitrogen and oxygen atoms in total. The van der Waals surface area contributed by atoms with Gasteiger partial charge in [-0.15, -0.1) is 0 Å². The van der Waals surface area contributed by atoms with Crippen molar-refractivity contribution in [2.45, 2.75) is 12.0 Å². The molecule has 0 radical (unpaired) electrons. The number of aliphatic carboxylic acids is 1. The van der Waals surface area contributed by atoms with Crippen molar-refractivity contribution in [1.82, 2.24) is 0 Å². The first-order valence-electron chi connectivity index (χ1n) is 4.93.